The third kappa shape index (κ3) is 2.43. The number of ether oxygens (including phenoxy) is 1. The van der Waals surface area contributed by atoms with E-state index in [1.807, 2.05) is 0 Å². The number of carboxylic acids is 1. The predicted molar refractivity (Wildman–Crippen MR) is 60.5 cm³/mol. The van der Waals surface area contributed by atoms with E-state index in [2.05, 4.69) is 6.58 Å². The van der Waals surface area contributed by atoms with Gasteiger partial charge in [0.25, 0.3) is 0 Å². The Morgan fingerprint density at radius 1 is 1.47 bits per heavy atom. The normalized spacial score (nSPS) is 30.4. The summed E-state index contributed by atoms with van der Waals surface area (Å²) < 4.78 is 5.00. The molecule has 0 spiro atoms. The molecular weight excluding hydrogens is 222 g/mol. The minimum atomic E-state index is -0.790. The highest BCUT2D eigenvalue weighted by molar-refractivity contribution is 5.70. The van der Waals surface area contributed by atoms with Gasteiger partial charge in [-0.3, -0.25) is 4.79 Å². The molecule has 1 amide bonds. The van der Waals surface area contributed by atoms with Gasteiger partial charge in [-0.25, -0.2) is 4.79 Å². The van der Waals surface area contributed by atoms with Crippen molar-refractivity contribution in [3.63, 3.8) is 0 Å². The summed E-state index contributed by atoms with van der Waals surface area (Å²) >= 11 is 0. The molecular formula is C12H17NO4. The van der Waals surface area contributed by atoms with E-state index in [9.17, 15) is 9.59 Å². The first-order valence-electron chi connectivity index (χ1n) is 5.88. The number of carbonyl (C=O) groups excluding carboxylic acids is 1. The van der Waals surface area contributed by atoms with Gasteiger partial charge in [0.05, 0.1) is 6.42 Å². The average Bonchev–Trinajstić information content (AvgIpc) is 2.84. The highest BCUT2D eigenvalue weighted by Gasteiger charge is 2.47. The van der Waals surface area contributed by atoms with Crippen molar-refractivity contribution in [2.75, 3.05) is 13.2 Å². The van der Waals surface area contributed by atoms with Crippen LogP contribution in [-0.4, -0.2) is 41.3 Å². The number of carbonyl (C=O) groups is 2. The summed E-state index contributed by atoms with van der Waals surface area (Å²) in [5.41, 5.74) is 0. The van der Waals surface area contributed by atoms with Gasteiger partial charge >= 0.3 is 12.1 Å². The molecule has 94 valence electrons. The first kappa shape index (κ1) is 12.0. The molecule has 1 saturated heterocycles. The van der Waals surface area contributed by atoms with Crippen LogP contribution in [0.15, 0.2) is 12.7 Å². The summed E-state index contributed by atoms with van der Waals surface area (Å²) in [5.74, 6) is -0.259. The first-order chi connectivity index (χ1) is 8.11. The molecule has 2 fully saturated rings. The molecule has 1 aliphatic heterocycles. The van der Waals surface area contributed by atoms with E-state index in [4.69, 9.17) is 9.84 Å². The molecule has 0 aromatic heterocycles. The van der Waals surface area contributed by atoms with Crippen LogP contribution in [0.4, 0.5) is 4.79 Å². The number of amides is 1. The van der Waals surface area contributed by atoms with E-state index in [1.54, 1.807) is 4.90 Å². The number of fused-ring (bicyclic) bond motifs is 2. The zero-order chi connectivity index (χ0) is 12.4. The van der Waals surface area contributed by atoms with Crippen molar-refractivity contribution in [3.8, 4) is 0 Å². The van der Waals surface area contributed by atoms with Gasteiger partial charge in [-0.2, -0.15) is 0 Å². The van der Waals surface area contributed by atoms with Gasteiger partial charge in [-0.1, -0.05) is 12.7 Å². The van der Waals surface area contributed by atoms with Gasteiger partial charge in [0.1, 0.15) is 6.61 Å². The number of hydrogen-bond acceptors (Lipinski definition) is 3. The lowest BCUT2D eigenvalue weighted by Crippen LogP contribution is -2.43. The van der Waals surface area contributed by atoms with Crippen molar-refractivity contribution < 1.29 is 19.4 Å². The summed E-state index contributed by atoms with van der Waals surface area (Å²) in [5, 5.41) is 8.82. The van der Waals surface area contributed by atoms with Crippen molar-refractivity contribution in [3.05, 3.63) is 12.7 Å². The van der Waals surface area contributed by atoms with Crippen LogP contribution in [0.3, 0.4) is 0 Å². The van der Waals surface area contributed by atoms with Crippen LogP contribution in [0.25, 0.3) is 0 Å². The molecule has 2 aliphatic rings. The van der Waals surface area contributed by atoms with Crippen molar-refractivity contribution in [1.29, 1.82) is 0 Å². The van der Waals surface area contributed by atoms with E-state index in [0.717, 1.165) is 12.8 Å². The largest absolute Gasteiger partial charge is 0.481 e. The molecule has 2 bridgehead atoms. The van der Waals surface area contributed by atoms with Crippen molar-refractivity contribution >= 4 is 12.1 Å². The quantitative estimate of drug-likeness (QED) is 0.755. The lowest BCUT2D eigenvalue weighted by molar-refractivity contribution is -0.138. The van der Waals surface area contributed by atoms with Gasteiger partial charge in [0.15, 0.2) is 0 Å². The Balaban J connectivity index is 1.95. The Labute approximate surface area is 100 Å². The van der Waals surface area contributed by atoms with Crippen molar-refractivity contribution in [2.24, 2.45) is 11.8 Å². The number of likely N-dealkylation sites (tertiary alicyclic amines) is 1. The van der Waals surface area contributed by atoms with Crippen LogP contribution in [0.2, 0.25) is 0 Å². The topological polar surface area (TPSA) is 66.8 Å². The van der Waals surface area contributed by atoms with Crippen molar-refractivity contribution in [2.45, 2.75) is 25.3 Å². The Morgan fingerprint density at radius 3 is 2.82 bits per heavy atom. The van der Waals surface area contributed by atoms with Gasteiger partial charge in [0.2, 0.25) is 0 Å². The second-order valence-corrected chi connectivity index (χ2v) is 4.78. The van der Waals surface area contributed by atoms with Gasteiger partial charge in [-0.15, -0.1) is 0 Å². The third-order valence-corrected chi connectivity index (χ3v) is 3.61. The zero-order valence-corrected chi connectivity index (χ0v) is 9.67. The third-order valence-electron chi connectivity index (χ3n) is 3.61. The highest BCUT2D eigenvalue weighted by Crippen LogP contribution is 2.43. The lowest BCUT2D eigenvalue weighted by Gasteiger charge is -2.31. The Morgan fingerprint density at radius 2 is 2.24 bits per heavy atom. The molecule has 0 aromatic rings. The minimum absolute atomic E-state index is 0.0495. The fourth-order valence-corrected chi connectivity index (χ4v) is 3.03. The molecule has 1 heterocycles. The Bertz CT molecular complexity index is 341. The standard InChI is InChI=1S/C12H17NO4/c1-2-3-17-12(16)13-7-8-4-9(6-11(14)15)10(13)5-8/h2,8-10H,1,3-7H2,(H,14,15). The minimum Gasteiger partial charge on any atom is -0.481 e. The second kappa shape index (κ2) is 4.77. The fraction of sp³-hybridized carbons (Fsp3) is 0.667. The maximum Gasteiger partial charge on any atom is 0.410 e. The summed E-state index contributed by atoms with van der Waals surface area (Å²) in [4.78, 5) is 24.2. The number of aliphatic carboxylic acids is 1. The Hall–Kier alpha value is -1.52. The number of piperidine rings is 1. The first-order valence-corrected chi connectivity index (χ1v) is 5.88. The molecule has 1 aliphatic carbocycles. The fourth-order valence-electron chi connectivity index (χ4n) is 3.03. The van der Waals surface area contributed by atoms with E-state index in [0.29, 0.717) is 12.5 Å². The van der Waals surface area contributed by atoms with E-state index in [-0.39, 0.29) is 31.1 Å². The molecule has 17 heavy (non-hydrogen) atoms. The van der Waals surface area contributed by atoms with Crippen LogP contribution in [-0.2, 0) is 9.53 Å². The van der Waals surface area contributed by atoms with Crippen LogP contribution in [0.1, 0.15) is 19.3 Å². The lowest BCUT2D eigenvalue weighted by atomic mass is 9.95. The van der Waals surface area contributed by atoms with Gasteiger partial charge in [-0.05, 0) is 24.7 Å². The number of carboxylic acid groups (broad SMARTS) is 1. The SMILES string of the molecule is C=CCOC(=O)N1CC2CC(CC(=O)O)C1C2. The number of rotatable bonds is 4. The smallest absolute Gasteiger partial charge is 0.410 e. The van der Waals surface area contributed by atoms with Crippen LogP contribution in [0, 0.1) is 11.8 Å². The summed E-state index contributed by atoms with van der Waals surface area (Å²) in [7, 11) is 0. The molecule has 1 N–H and O–H groups in total. The zero-order valence-electron chi connectivity index (χ0n) is 9.67. The van der Waals surface area contributed by atoms with Crippen molar-refractivity contribution in [1.82, 2.24) is 4.90 Å². The molecule has 3 atom stereocenters. The average molecular weight is 239 g/mol. The van der Waals surface area contributed by atoms with E-state index in [1.165, 1.54) is 6.08 Å². The van der Waals surface area contributed by atoms with Crippen LogP contribution >= 0.6 is 0 Å². The van der Waals surface area contributed by atoms with Crippen LogP contribution in [0.5, 0.6) is 0 Å². The second-order valence-electron chi connectivity index (χ2n) is 4.78. The summed E-state index contributed by atoms with van der Waals surface area (Å²) in [6, 6.07) is 0.0495. The maximum atomic E-state index is 11.7. The number of hydrogen-bond donors (Lipinski definition) is 1. The molecule has 0 radical (unpaired) electrons. The number of nitrogens with zero attached hydrogens (tertiary/aromatic N) is 1. The Kier molecular flexibility index (Phi) is 3.36. The predicted octanol–water partition coefficient (Wildman–Crippen LogP) is 1.49. The van der Waals surface area contributed by atoms with Crippen LogP contribution < -0.4 is 0 Å². The monoisotopic (exact) mass is 239 g/mol. The van der Waals surface area contributed by atoms with Gasteiger partial charge < -0.3 is 14.7 Å². The van der Waals surface area contributed by atoms with E-state index >= 15 is 0 Å². The highest BCUT2D eigenvalue weighted by atomic mass is 16.6. The maximum absolute atomic E-state index is 11.7. The molecule has 5 nitrogen and oxygen atoms in total. The van der Waals surface area contributed by atoms with Gasteiger partial charge in [0, 0.05) is 12.6 Å². The summed E-state index contributed by atoms with van der Waals surface area (Å²) in [6.07, 6.45) is 3.17. The molecule has 0 aromatic carbocycles. The molecule has 1 saturated carbocycles. The molecule has 5 heteroatoms. The summed E-state index contributed by atoms with van der Waals surface area (Å²) in [6.45, 7) is 4.40. The van der Waals surface area contributed by atoms with E-state index < -0.39 is 5.97 Å². The molecule has 2 rings (SSSR count). The molecule has 3 unspecified atom stereocenters.